The van der Waals surface area contributed by atoms with E-state index in [9.17, 15) is 14.7 Å². The van der Waals surface area contributed by atoms with Gasteiger partial charge in [0.15, 0.2) is 0 Å². The highest BCUT2D eigenvalue weighted by Gasteiger charge is 2.08. The van der Waals surface area contributed by atoms with E-state index in [1.807, 2.05) is 0 Å². The number of rotatable bonds is 7. The zero-order valence-electron chi connectivity index (χ0n) is 9.56. The molecule has 0 aromatic carbocycles. The number of carbonyl (C=O) groups is 2. The van der Waals surface area contributed by atoms with E-state index in [-0.39, 0.29) is 19.0 Å². The first-order valence-electron chi connectivity index (χ1n) is 4.99. The number of amides is 2. The van der Waals surface area contributed by atoms with Gasteiger partial charge < -0.3 is 25.7 Å². The number of hydrogen-bond donors (Lipinski definition) is 4. The number of urea groups is 1. The first kappa shape index (κ1) is 14.7. The van der Waals surface area contributed by atoms with Crippen molar-refractivity contribution in [3.8, 4) is 0 Å². The summed E-state index contributed by atoms with van der Waals surface area (Å²) in [6.45, 7) is 1.11. The summed E-state index contributed by atoms with van der Waals surface area (Å²) in [7, 11) is 3.28. The molecule has 2 amide bonds. The highest BCUT2D eigenvalue weighted by atomic mass is 16.4. The molecule has 16 heavy (non-hydrogen) atoms. The zero-order chi connectivity index (χ0) is 12.6. The van der Waals surface area contributed by atoms with Gasteiger partial charge in [0.2, 0.25) is 0 Å². The molecular weight excluding hydrogens is 214 g/mol. The molecular formula is C9H19N3O4. The van der Waals surface area contributed by atoms with Crippen LogP contribution in [0.1, 0.15) is 6.42 Å². The number of carboxylic acid groups (broad SMARTS) is 1. The lowest BCUT2D eigenvalue weighted by molar-refractivity contribution is -0.139. The SMILES string of the molecule is CN(C)C(=O)NCCNCC(O)CC(=O)O. The average molecular weight is 233 g/mol. The van der Waals surface area contributed by atoms with Crippen molar-refractivity contribution in [3.63, 3.8) is 0 Å². The van der Waals surface area contributed by atoms with E-state index >= 15 is 0 Å². The summed E-state index contributed by atoms with van der Waals surface area (Å²) in [6.07, 6.45) is -1.18. The molecule has 0 bridgehead atoms. The van der Waals surface area contributed by atoms with Crippen molar-refractivity contribution in [3.05, 3.63) is 0 Å². The summed E-state index contributed by atoms with van der Waals surface area (Å²) in [6, 6.07) is -0.187. The highest BCUT2D eigenvalue weighted by Crippen LogP contribution is 1.88. The number of aliphatic hydroxyl groups excluding tert-OH is 1. The number of nitrogens with one attached hydrogen (secondary N) is 2. The Morgan fingerprint density at radius 3 is 2.44 bits per heavy atom. The van der Waals surface area contributed by atoms with Gasteiger partial charge in [-0.25, -0.2) is 4.79 Å². The third kappa shape index (κ3) is 8.01. The van der Waals surface area contributed by atoms with Crippen molar-refractivity contribution in [1.29, 1.82) is 0 Å². The Bertz CT molecular complexity index is 233. The van der Waals surface area contributed by atoms with Crippen molar-refractivity contribution in [2.75, 3.05) is 33.7 Å². The molecule has 0 aromatic heterocycles. The van der Waals surface area contributed by atoms with Gasteiger partial charge in [-0.05, 0) is 0 Å². The number of aliphatic hydroxyl groups is 1. The monoisotopic (exact) mass is 233 g/mol. The van der Waals surface area contributed by atoms with Crippen molar-refractivity contribution < 1.29 is 19.8 Å². The number of aliphatic carboxylic acids is 1. The second-order valence-electron chi connectivity index (χ2n) is 3.58. The van der Waals surface area contributed by atoms with E-state index in [0.29, 0.717) is 13.1 Å². The molecule has 0 heterocycles. The van der Waals surface area contributed by atoms with Gasteiger partial charge in [0.25, 0.3) is 0 Å². The molecule has 0 rings (SSSR count). The van der Waals surface area contributed by atoms with Gasteiger partial charge in [-0.1, -0.05) is 0 Å². The van der Waals surface area contributed by atoms with E-state index in [1.54, 1.807) is 14.1 Å². The molecule has 7 nitrogen and oxygen atoms in total. The molecule has 0 saturated heterocycles. The van der Waals surface area contributed by atoms with Crippen molar-refractivity contribution in [1.82, 2.24) is 15.5 Å². The molecule has 1 atom stereocenters. The maximum absolute atomic E-state index is 11.0. The van der Waals surface area contributed by atoms with Gasteiger partial charge in [0.05, 0.1) is 12.5 Å². The van der Waals surface area contributed by atoms with E-state index in [1.165, 1.54) is 4.90 Å². The lowest BCUT2D eigenvalue weighted by atomic mass is 10.2. The normalized spacial score (nSPS) is 11.9. The van der Waals surface area contributed by atoms with Crippen LogP contribution < -0.4 is 10.6 Å². The Hall–Kier alpha value is -1.34. The Morgan fingerprint density at radius 1 is 1.31 bits per heavy atom. The lowest BCUT2D eigenvalue weighted by Crippen LogP contribution is -2.40. The minimum Gasteiger partial charge on any atom is -0.481 e. The largest absolute Gasteiger partial charge is 0.481 e. The van der Waals surface area contributed by atoms with Crippen LogP contribution in [0.3, 0.4) is 0 Å². The standard InChI is InChI=1S/C9H19N3O4/c1-12(2)9(16)11-4-3-10-6-7(13)5-8(14)15/h7,10,13H,3-6H2,1-2H3,(H,11,16)(H,14,15). The summed E-state index contributed by atoms with van der Waals surface area (Å²) in [5.41, 5.74) is 0. The van der Waals surface area contributed by atoms with Gasteiger partial charge in [-0.3, -0.25) is 4.79 Å². The summed E-state index contributed by atoms with van der Waals surface area (Å²) in [5.74, 6) is -1.03. The van der Waals surface area contributed by atoms with Crippen molar-refractivity contribution in [2.24, 2.45) is 0 Å². The quantitative estimate of drug-likeness (QED) is 0.409. The van der Waals surface area contributed by atoms with Crippen molar-refractivity contribution in [2.45, 2.75) is 12.5 Å². The third-order valence-electron chi connectivity index (χ3n) is 1.77. The van der Waals surface area contributed by atoms with Gasteiger partial charge in [-0.15, -0.1) is 0 Å². The topological polar surface area (TPSA) is 102 Å². The molecule has 4 N–H and O–H groups in total. The highest BCUT2D eigenvalue weighted by molar-refractivity contribution is 5.73. The second kappa shape index (κ2) is 7.89. The number of hydrogen-bond acceptors (Lipinski definition) is 4. The maximum atomic E-state index is 11.0. The molecule has 94 valence electrons. The van der Waals surface area contributed by atoms with Crippen LogP contribution in [0.4, 0.5) is 4.79 Å². The van der Waals surface area contributed by atoms with Crippen LogP contribution in [-0.4, -0.2) is 66.9 Å². The predicted molar refractivity (Wildman–Crippen MR) is 58.2 cm³/mol. The van der Waals surface area contributed by atoms with Crippen LogP contribution in [0.5, 0.6) is 0 Å². The molecule has 0 fully saturated rings. The Balaban J connectivity index is 3.40. The van der Waals surface area contributed by atoms with Gasteiger partial charge in [0, 0.05) is 33.7 Å². The first-order chi connectivity index (χ1) is 7.43. The van der Waals surface area contributed by atoms with Crippen LogP contribution in [0.2, 0.25) is 0 Å². The number of carboxylic acids is 1. The minimum absolute atomic E-state index is 0.187. The smallest absolute Gasteiger partial charge is 0.316 e. The summed E-state index contributed by atoms with van der Waals surface area (Å²) < 4.78 is 0. The minimum atomic E-state index is -1.03. The Kier molecular flexibility index (Phi) is 7.23. The molecule has 0 radical (unpaired) electrons. The van der Waals surface area contributed by atoms with E-state index in [2.05, 4.69) is 10.6 Å². The molecule has 0 aliphatic rings. The predicted octanol–water partition coefficient (Wildman–Crippen LogP) is -1.32. The zero-order valence-corrected chi connectivity index (χ0v) is 9.56. The third-order valence-corrected chi connectivity index (χ3v) is 1.77. The molecule has 7 heteroatoms. The first-order valence-corrected chi connectivity index (χ1v) is 4.99. The summed E-state index contributed by atoms with van der Waals surface area (Å²) in [4.78, 5) is 22.7. The number of nitrogens with zero attached hydrogens (tertiary/aromatic N) is 1. The van der Waals surface area contributed by atoms with E-state index < -0.39 is 12.1 Å². The van der Waals surface area contributed by atoms with Crippen LogP contribution in [-0.2, 0) is 4.79 Å². The van der Waals surface area contributed by atoms with Crippen molar-refractivity contribution >= 4 is 12.0 Å². The van der Waals surface area contributed by atoms with Crippen LogP contribution in [0, 0.1) is 0 Å². The Labute approximate surface area is 94.4 Å². The summed E-state index contributed by atoms with van der Waals surface area (Å²) in [5, 5.41) is 23.0. The molecule has 0 saturated carbocycles. The summed E-state index contributed by atoms with van der Waals surface area (Å²) >= 11 is 0. The molecule has 1 unspecified atom stereocenters. The van der Waals surface area contributed by atoms with E-state index in [4.69, 9.17) is 5.11 Å². The fraction of sp³-hybridized carbons (Fsp3) is 0.778. The van der Waals surface area contributed by atoms with Gasteiger partial charge >= 0.3 is 12.0 Å². The van der Waals surface area contributed by atoms with Crippen LogP contribution in [0.25, 0.3) is 0 Å². The molecule has 0 aromatic rings. The average Bonchev–Trinajstić information content (AvgIpc) is 2.15. The van der Waals surface area contributed by atoms with E-state index in [0.717, 1.165) is 0 Å². The fourth-order valence-electron chi connectivity index (χ4n) is 0.958. The number of carbonyl (C=O) groups excluding carboxylic acids is 1. The van der Waals surface area contributed by atoms with Gasteiger partial charge in [0.1, 0.15) is 0 Å². The second-order valence-corrected chi connectivity index (χ2v) is 3.58. The van der Waals surface area contributed by atoms with Gasteiger partial charge in [-0.2, -0.15) is 0 Å². The Morgan fingerprint density at radius 2 is 1.94 bits per heavy atom. The molecule has 0 aliphatic carbocycles. The van der Waals surface area contributed by atoms with Crippen LogP contribution >= 0.6 is 0 Å². The fourth-order valence-corrected chi connectivity index (χ4v) is 0.958. The van der Waals surface area contributed by atoms with Crippen LogP contribution in [0.15, 0.2) is 0 Å². The molecule has 0 aliphatic heterocycles. The molecule has 0 spiro atoms. The lowest BCUT2D eigenvalue weighted by Gasteiger charge is -2.13. The maximum Gasteiger partial charge on any atom is 0.316 e.